The van der Waals surface area contributed by atoms with E-state index < -0.39 is 9.84 Å². The molecule has 0 saturated heterocycles. The van der Waals surface area contributed by atoms with Crippen molar-refractivity contribution in [3.8, 4) is 69.9 Å². The Labute approximate surface area is 263 Å². The van der Waals surface area contributed by atoms with Crippen molar-refractivity contribution in [3.05, 3.63) is 157 Å². The van der Waals surface area contributed by atoms with Gasteiger partial charge in [0.2, 0.25) is 9.84 Å². The zero-order valence-corrected chi connectivity index (χ0v) is 24.9. The highest BCUT2D eigenvalue weighted by Gasteiger charge is 2.19. The monoisotopic (exact) mass is 602 g/mol. The van der Waals surface area contributed by atoms with Gasteiger partial charge in [0, 0.05) is 16.7 Å². The maximum Gasteiger partial charge on any atom is 0.206 e. The van der Waals surface area contributed by atoms with Crippen LogP contribution in [0.2, 0.25) is 0 Å². The second-order valence-electron chi connectivity index (χ2n) is 10.1. The summed E-state index contributed by atoms with van der Waals surface area (Å²) in [6.45, 7) is 0. The molecular weight excluding hydrogens is 577 g/mol. The van der Waals surface area contributed by atoms with Gasteiger partial charge in [-0.25, -0.2) is 8.42 Å². The molecule has 0 atom stereocenters. The zero-order valence-electron chi connectivity index (χ0n) is 24.1. The molecule has 0 aliphatic rings. The SMILES string of the molecule is C#Cc1cc(Oc2ccc(S(=O)(=O)c3ccc(Oc4cccc(C#C)c4-c4ccccc4)cc3)cc2)cc(-c2ccccc2)c1. The molecule has 216 valence electrons. The van der Waals surface area contributed by atoms with Gasteiger partial charge in [0.15, 0.2) is 0 Å². The standard InChI is InChI=1S/C40H26O4S/c1-3-29-26-33(31-12-7-5-8-13-31)28-36(27-29)43-34-18-22-37(23-19-34)45(41,42)38-24-20-35(21-25-38)44-39-17-11-16-30(4-2)40(39)32-14-9-6-10-15-32/h1-2,5-28H. The molecule has 5 heteroatoms. The van der Waals surface area contributed by atoms with Crippen molar-refractivity contribution in [1.82, 2.24) is 0 Å². The average Bonchev–Trinajstić information content (AvgIpc) is 3.09. The fourth-order valence-corrected chi connectivity index (χ4v) is 6.21. The van der Waals surface area contributed by atoms with E-state index in [1.165, 1.54) is 24.3 Å². The largest absolute Gasteiger partial charge is 0.457 e. The fourth-order valence-electron chi connectivity index (χ4n) is 4.95. The number of ether oxygens (including phenoxy) is 2. The quantitative estimate of drug-likeness (QED) is 0.163. The fraction of sp³-hybridized carbons (Fsp3) is 0. The van der Waals surface area contributed by atoms with Crippen LogP contribution in [0.1, 0.15) is 11.1 Å². The van der Waals surface area contributed by atoms with Crippen LogP contribution in [0.15, 0.2) is 155 Å². The van der Waals surface area contributed by atoms with Crippen molar-refractivity contribution < 1.29 is 17.9 Å². The molecule has 0 unspecified atom stereocenters. The summed E-state index contributed by atoms with van der Waals surface area (Å²) in [5, 5.41) is 0. The van der Waals surface area contributed by atoms with Crippen LogP contribution in [0.5, 0.6) is 23.0 Å². The van der Waals surface area contributed by atoms with Gasteiger partial charge >= 0.3 is 0 Å². The van der Waals surface area contributed by atoms with Crippen LogP contribution >= 0.6 is 0 Å². The highest BCUT2D eigenvalue weighted by Crippen LogP contribution is 2.37. The van der Waals surface area contributed by atoms with E-state index in [4.69, 9.17) is 22.3 Å². The van der Waals surface area contributed by atoms with Crippen LogP contribution in [0.3, 0.4) is 0 Å². The number of rotatable bonds is 8. The second-order valence-corrected chi connectivity index (χ2v) is 12.0. The first-order valence-electron chi connectivity index (χ1n) is 14.1. The van der Waals surface area contributed by atoms with Gasteiger partial charge in [-0.1, -0.05) is 78.6 Å². The van der Waals surface area contributed by atoms with E-state index in [2.05, 4.69) is 11.8 Å². The van der Waals surface area contributed by atoms with Crippen molar-refractivity contribution in [2.75, 3.05) is 0 Å². The second kappa shape index (κ2) is 12.7. The molecule has 0 aliphatic heterocycles. The van der Waals surface area contributed by atoms with Crippen LogP contribution in [0.4, 0.5) is 0 Å². The maximum absolute atomic E-state index is 13.5. The van der Waals surface area contributed by atoms with Crippen LogP contribution in [-0.2, 0) is 9.84 Å². The topological polar surface area (TPSA) is 52.6 Å². The average molecular weight is 603 g/mol. The minimum absolute atomic E-state index is 0.137. The summed E-state index contributed by atoms with van der Waals surface area (Å²) in [4.78, 5) is 0.275. The molecule has 0 spiro atoms. The highest BCUT2D eigenvalue weighted by atomic mass is 32.2. The molecular formula is C40H26O4S. The van der Waals surface area contributed by atoms with E-state index in [1.54, 1.807) is 30.3 Å². The van der Waals surface area contributed by atoms with Gasteiger partial charge in [0.1, 0.15) is 23.0 Å². The first-order valence-corrected chi connectivity index (χ1v) is 15.6. The first kappa shape index (κ1) is 29.1. The van der Waals surface area contributed by atoms with E-state index in [1.807, 2.05) is 91.0 Å². The maximum atomic E-state index is 13.5. The van der Waals surface area contributed by atoms with Gasteiger partial charge in [-0.2, -0.15) is 0 Å². The molecule has 0 fully saturated rings. The number of terminal acetylenes is 2. The van der Waals surface area contributed by atoms with E-state index in [-0.39, 0.29) is 9.79 Å². The van der Waals surface area contributed by atoms with E-state index in [0.29, 0.717) is 34.1 Å². The Morgan fingerprint density at radius 3 is 1.64 bits per heavy atom. The van der Waals surface area contributed by atoms with E-state index >= 15 is 0 Å². The molecule has 0 saturated carbocycles. The minimum Gasteiger partial charge on any atom is -0.457 e. The number of hydrogen-bond donors (Lipinski definition) is 0. The summed E-state index contributed by atoms with van der Waals surface area (Å²) < 4.78 is 39.2. The zero-order chi connectivity index (χ0) is 31.2. The summed E-state index contributed by atoms with van der Waals surface area (Å²) in [6.07, 6.45) is 11.5. The lowest BCUT2D eigenvalue weighted by atomic mass is 9.99. The van der Waals surface area contributed by atoms with Crippen LogP contribution in [-0.4, -0.2) is 8.42 Å². The lowest BCUT2D eigenvalue weighted by molar-refractivity contribution is 0.482. The van der Waals surface area contributed by atoms with Crippen molar-refractivity contribution in [1.29, 1.82) is 0 Å². The van der Waals surface area contributed by atoms with Crippen LogP contribution < -0.4 is 9.47 Å². The van der Waals surface area contributed by atoms with Crippen molar-refractivity contribution in [3.63, 3.8) is 0 Å². The lowest BCUT2D eigenvalue weighted by Crippen LogP contribution is -2.02. The molecule has 6 rings (SSSR count). The molecule has 0 N–H and O–H groups in total. The smallest absolute Gasteiger partial charge is 0.206 e. The van der Waals surface area contributed by atoms with Gasteiger partial charge in [-0.05, 0) is 95.6 Å². The third-order valence-electron chi connectivity index (χ3n) is 7.16. The van der Waals surface area contributed by atoms with E-state index in [0.717, 1.165) is 22.3 Å². The molecule has 0 bridgehead atoms. The third kappa shape index (κ3) is 6.36. The molecule has 0 radical (unpaired) electrons. The number of benzene rings is 6. The predicted octanol–water partition coefficient (Wildman–Crippen LogP) is 9.40. The molecule has 0 heterocycles. The Hall–Kier alpha value is -6.01. The van der Waals surface area contributed by atoms with Crippen LogP contribution in [0.25, 0.3) is 22.3 Å². The summed E-state index contributed by atoms with van der Waals surface area (Å²) in [5.74, 6) is 7.48. The Balaban J connectivity index is 1.20. The molecule has 0 aromatic heterocycles. The normalized spacial score (nSPS) is 10.8. The summed E-state index contributed by atoms with van der Waals surface area (Å²) in [6, 6.07) is 43.3. The van der Waals surface area contributed by atoms with Crippen LogP contribution in [0, 0.1) is 24.7 Å². The van der Waals surface area contributed by atoms with Gasteiger partial charge < -0.3 is 9.47 Å². The number of sulfone groups is 1. The summed E-state index contributed by atoms with van der Waals surface area (Å²) in [5.41, 5.74) is 5.03. The Morgan fingerprint density at radius 2 is 1.07 bits per heavy atom. The van der Waals surface area contributed by atoms with Crippen molar-refractivity contribution >= 4 is 9.84 Å². The van der Waals surface area contributed by atoms with Crippen molar-refractivity contribution in [2.24, 2.45) is 0 Å². The number of hydrogen-bond acceptors (Lipinski definition) is 4. The Bertz CT molecular complexity index is 2160. The van der Waals surface area contributed by atoms with Gasteiger partial charge in [0.25, 0.3) is 0 Å². The predicted molar refractivity (Wildman–Crippen MR) is 178 cm³/mol. The summed E-state index contributed by atoms with van der Waals surface area (Å²) in [7, 11) is -3.80. The third-order valence-corrected chi connectivity index (χ3v) is 8.94. The highest BCUT2D eigenvalue weighted by molar-refractivity contribution is 7.91. The molecule has 6 aromatic carbocycles. The van der Waals surface area contributed by atoms with E-state index in [9.17, 15) is 8.42 Å². The molecule has 4 nitrogen and oxygen atoms in total. The molecule has 0 aliphatic carbocycles. The van der Waals surface area contributed by atoms with Gasteiger partial charge in [-0.15, -0.1) is 12.8 Å². The van der Waals surface area contributed by atoms with Crippen molar-refractivity contribution in [2.45, 2.75) is 9.79 Å². The first-order chi connectivity index (χ1) is 21.9. The molecule has 45 heavy (non-hydrogen) atoms. The lowest BCUT2D eigenvalue weighted by Gasteiger charge is -2.14. The Morgan fingerprint density at radius 1 is 0.489 bits per heavy atom. The molecule has 6 aromatic rings. The minimum atomic E-state index is -3.80. The Kier molecular flexibility index (Phi) is 8.20. The van der Waals surface area contributed by atoms with Gasteiger partial charge in [-0.3, -0.25) is 0 Å². The molecule has 0 amide bonds. The summed E-state index contributed by atoms with van der Waals surface area (Å²) >= 11 is 0. The van der Waals surface area contributed by atoms with Gasteiger partial charge in [0.05, 0.1) is 9.79 Å².